The highest BCUT2D eigenvalue weighted by Crippen LogP contribution is 2.40. The molecule has 0 spiro atoms. The molecule has 0 amide bonds. The van der Waals surface area contributed by atoms with Gasteiger partial charge in [-0.2, -0.15) is 0 Å². The molecule has 48 heavy (non-hydrogen) atoms. The van der Waals surface area contributed by atoms with Gasteiger partial charge >= 0.3 is 0 Å². The second kappa shape index (κ2) is 10.7. The lowest BCUT2D eigenvalue weighted by atomic mass is 10.0. The molecule has 224 valence electrons. The molecule has 10 aromatic rings. The Hall–Kier alpha value is -6.17. The largest absolute Gasteiger partial charge is 0.309 e. The molecule has 0 saturated carbocycles. The number of fused-ring (bicyclic) bond motifs is 7. The molecule has 0 unspecified atom stereocenters. The summed E-state index contributed by atoms with van der Waals surface area (Å²) in [5.74, 6) is 1.99. The van der Waals surface area contributed by atoms with Crippen LogP contribution >= 0.6 is 11.3 Å². The van der Waals surface area contributed by atoms with Gasteiger partial charge in [0.2, 0.25) is 0 Å². The van der Waals surface area contributed by atoms with E-state index < -0.39 is 0 Å². The lowest BCUT2D eigenvalue weighted by Crippen LogP contribution is -2.00. The van der Waals surface area contributed by atoms with E-state index in [1.807, 2.05) is 18.2 Å². The van der Waals surface area contributed by atoms with Crippen molar-refractivity contribution in [2.24, 2.45) is 0 Å². The van der Waals surface area contributed by atoms with Gasteiger partial charge < -0.3 is 4.57 Å². The number of rotatable bonds is 4. The maximum atomic E-state index is 5.18. The van der Waals surface area contributed by atoms with Crippen molar-refractivity contribution in [1.82, 2.24) is 19.5 Å². The number of thiophene rings is 1. The average Bonchev–Trinajstić information content (AvgIpc) is 3.69. The van der Waals surface area contributed by atoms with Gasteiger partial charge in [0, 0.05) is 53.3 Å². The third kappa shape index (κ3) is 4.25. The first-order valence-electron chi connectivity index (χ1n) is 16.0. The summed E-state index contributed by atoms with van der Waals surface area (Å²) in [6.45, 7) is 0. The summed E-state index contributed by atoms with van der Waals surface area (Å²) in [6.07, 6.45) is 0. The number of aromatic nitrogens is 4. The van der Waals surface area contributed by atoms with Crippen molar-refractivity contribution in [3.05, 3.63) is 158 Å². The van der Waals surface area contributed by atoms with Gasteiger partial charge in [-0.3, -0.25) is 0 Å². The van der Waals surface area contributed by atoms with Crippen LogP contribution in [0.4, 0.5) is 0 Å². The molecule has 3 heterocycles. The van der Waals surface area contributed by atoms with Crippen molar-refractivity contribution in [3.8, 4) is 39.9 Å². The second-order valence-corrected chi connectivity index (χ2v) is 13.2. The predicted molar refractivity (Wildman–Crippen MR) is 201 cm³/mol. The molecule has 10 rings (SSSR count). The quantitative estimate of drug-likeness (QED) is 0.194. The van der Waals surface area contributed by atoms with Gasteiger partial charge in [-0.15, -0.1) is 11.3 Å². The lowest BCUT2D eigenvalue weighted by Gasteiger charge is -2.11. The van der Waals surface area contributed by atoms with E-state index in [0.29, 0.717) is 17.5 Å². The normalized spacial score (nSPS) is 11.8. The monoisotopic (exact) mass is 630 g/mol. The first-order chi connectivity index (χ1) is 23.8. The molecule has 0 bridgehead atoms. The Morgan fingerprint density at radius 2 is 1.10 bits per heavy atom. The van der Waals surface area contributed by atoms with Gasteiger partial charge in [0.1, 0.15) is 0 Å². The summed E-state index contributed by atoms with van der Waals surface area (Å²) in [7, 11) is 0. The Kier molecular flexibility index (Phi) is 6.01. The highest BCUT2D eigenvalue weighted by Gasteiger charge is 2.18. The van der Waals surface area contributed by atoms with Crippen molar-refractivity contribution in [1.29, 1.82) is 0 Å². The predicted octanol–water partition coefficient (Wildman–Crippen LogP) is 11.5. The molecule has 0 aliphatic heterocycles. The van der Waals surface area contributed by atoms with Crippen LogP contribution in [0.15, 0.2) is 158 Å². The third-order valence-corrected chi connectivity index (χ3v) is 10.4. The van der Waals surface area contributed by atoms with Crippen molar-refractivity contribution in [2.75, 3.05) is 0 Å². The van der Waals surface area contributed by atoms with Crippen LogP contribution in [0.25, 0.3) is 92.6 Å². The average molecular weight is 631 g/mol. The SMILES string of the molecule is c1ccc(-c2nc(-c3ccc4cc5c(cc4c3)c3ccccc3n5-c3ccccc3)nc(-c3cccc4sc5ccccc5c34)n2)cc1. The van der Waals surface area contributed by atoms with Gasteiger partial charge in [0.25, 0.3) is 0 Å². The summed E-state index contributed by atoms with van der Waals surface area (Å²) in [6, 6.07) is 55.6. The number of benzene rings is 7. The molecule has 0 saturated heterocycles. The van der Waals surface area contributed by atoms with E-state index in [-0.39, 0.29) is 0 Å². The number of para-hydroxylation sites is 2. The molecule has 5 heteroatoms. The van der Waals surface area contributed by atoms with Crippen LogP contribution in [0.2, 0.25) is 0 Å². The minimum atomic E-state index is 0.657. The zero-order chi connectivity index (χ0) is 31.6. The van der Waals surface area contributed by atoms with Crippen LogP contribution in [0.5, 0.6) is 0 Å². The summed E-state index contributed by atoms with van der Waals surface area (Å²) in [5, 5.41) is 7.17. The van der Waals surface area contributed by atoms with Crippen LogP contribution < -0.4 is 0 Å². The molecule has 3 aromatic heterocycles. The number of hydrogen-bond donors (Lipinski definition) is 0. The van der Waals surface area contributed by atoms with Crippen molar-refractivity contribution in [3.63, 3.8) is 0 Å². The third-order valence-electron chi connectivity index (χ3n) is 9.21. The fourth-order valence-corrected chi connectivity index (χ4v) is 8.14. The van der Waals surface area contributed by atoms with Crippen LogP contribution in [0.1, 0.15) is 0 Å². The van der Waals surface area contributed by atoms with E-state index in [4.69, 9.17) is 15.0 Å². The summed E-state index contributed by atoms with van der Waals surface area (Å²) < 4.78 is 4.84. The maximum absolute atomic E-state index is 5.18. The van der Waals surface area contributed by atoms with E-state index >= 15 is 0 Å². The van der Waals surface area contributed by atoms with Crippen LogP contribution in [0, 0.1) is 0 Å². The maximum Gasteiger partial charge on any atom is 0.164 e. The standard InChI is InChI=1S/C43H26N4S/c1-3-12-27(13-4-1)41-44-42(46-43(45-41)34-18-11-21-39-40(34)33-17-8-10-20-38(33)48-39)29-23-22-28-26-37-35(25-30(28)24-29)32-16-7-9-19-36(32)47(37)31-14-5-2-6-15-31/h1-26H. The van der Waals surface area contributed by atoms with Crippen LogP contribution in [0.3, 0.4) is 0 Å². The lowest BCUT2D eigenvalue weighted by molar-refractivity contribution is 1.08. The van der Waals surface area contributed by atoms with Gasteiger partial charge in [0.05, 0.1) is 11.0 Å². The van der Waals surface area contributed by atoms with E-state index in [1.54, 1.807) is 11.3 Å². The Balaban J connectivity index is 1.20. The first kappa shape index (κ1) is 27.0. The zero-order valence-electron chi connectivity index (χ0n) is 25.7. The Bertz CT molecular complexity index is 2830. The second-order valence-electron chi connectivity index (χ2n) is 12.1. The Morgan fingerprint density at radius 1 is 0.417 bits per heavy atom. The van der Waals surface area contributed by atoms with Crippen LogP contribution in [-0.2, 0) is 0 Å². The molecule has 0 fully saturated rings. The van der Waals surface area contributed by atoms with Crippen molar-refractivity contribution >= 4 is 64.1 Å². The molecule has 4 nitrogen and oxygen atoms in total. The fourth-order valence-electron chi connectivity index (χ4n) is 7.01. The highest BCUT2D eigenvalue weighted by atomic mass is 32.1. The Morgan fingerprint density at radius 3 is 1.96 bits per heavy atom. The van der Waals surface area contributed by atoms with E-state index in [0.717, 1.165) is 27.8 Å². The molecule has 0 radical (unpaired) electrons. The van der Waals surface area contributed by atoms with Crippen LogP contribution in [-0.4, -0.2) is 19.5 Å². The van der Waals surface area contributed by atoms with Gasteiger partial charge in [-0.25, -0.2) is 15.0 Å². The van der Waals surface area contributed by atoms with Crippen molar-refractivity contribution in [2.45, 2.75) is 0 Å². The minimum absolute atomic E-state index is 0.657. The molecular weight excluding hydrogens is 605 g/mol. The fraction of sp³-hybridized carbons (Fsp3) is 0. The van der Waals surface area contributed by atoms with E-state index in [9.17, 15) is 0 Å². The molecular formula is C43H26N4S. The molecule has 0 atom stereocenters. The zero-order valence-corrected chi connectivity index (χ0v) is 26.5. The van der Waals surface area contributed by atoms with E-state index in [2.05, 4.69) is 144 Å². The topological polar surface area (TPSA) is 43.6 Å². The van der Waals surface area contributed by atoms with E-state index in [1.165, 1.54) is 47.4 Å². The minimum Gasteiger partial charge on any atom is -0.309 e. The molecule has 0 aliphatic rings. The molecule has 7 aromatic carbocycles. The number of nitrogens with zero attached hydrogens (tertiary/aromatic N) is 4. The van der Waals surface area contributed by atoms with Gasteiger partial charge in [0.15, 0.2) is 17.5 Å². The van der Waals surface area contributed by atoms with Gasteiger partial charge in [-0.1, -0.05) is 109 Å². The molecule has 0 aliphatic carbocycles. The van der Waals surface area contributed by atoms with Gasteiger partial charge in [-0.05, 0) is 59.3 Å². The smallest absolute Gasteiger partial charge is 0.164 e. The molecule has 0 N–H and O–H groups in total. The van der Waals surface area contributed by atoms with Crippen molar-refractivity contribution < 1.29 is 0 Å². The number of hydrogen-bond acceptors (Lipinski definition) is 4. The summed E-state index contributed by atoms with van der Waals surface area (Å²) in [5.41, 5.74) is 6.46. The highest BCUT2D eigenvalue weighted by molar-refractivity contribution is 7.25. The summed E-state index contributed by atoms with van der Waals surface area (Å²) >= 11 is 1.80. The summed E-state index contributed by atoms with van der Waals surface area (Å²) in [4.78, 5) is 15.3. The first-order valence-corrected chi connectivity index (χ1v) is 16.9. The Labute approximate surface area is 280 Å².